The molecule has 2 aromatic heterocycles. The van der Waals surface area contributed by atoms with Gasteiger partial charge in [-0.05, 0) is 55.0 Å². The van der Waals surface area contributed by atoms with Gasteiger partial charge >= 0.3 is 0 Å². The SMILES string of the molecule is Cc1c(Cc2ccc(-c3cscn3)cc2)cc(C(=O)N[C@H]2CCCC[C@@H]2O)c2ncccc12. The molecule has 2 atom stereocenters. The Kier molecular flexibility index (Phi) is 6.20. The smallest absolute Gasteiger partial charge is 0.253 e. The maximum atomic E-state index is 13.3. The van der Waals surface area contributed by atoms with Gasteiger partial charge in [0.05, 0.1) is 34.4 Å². The molecule has 0 aliphatic heterocycles. The number of hydrogen-bond donors (Lipinski definition) is 2. The number of rotatable bonds is 5. The largest absolute Gasteiger partial charge is 0.391 e. The average Bonchev–Trinajstić information content (AvgIpc) is 3.38. The highest BCUT2D eigenvalue weighted by molar-refractivity contribution is 7.07. The molecule has 1 amide bonds. The van der Waals surface area contributed by atoms with Crippen molar-refractivity contribution in [3.05, 3.63) is 81.8 Å². The number of aryl methyl sites for hydroxylation is 1. The summed E-state index contributed by atoms with van der Waals surface area (Å²) < 4.78 is 0. The van der Waals surface area contributed by atoms with Crippen LogP contribution in [0.4, 0.5) is 0 Å². The summed E-state index contributed by atoms with van der Waals surface area (Å²) in [6, 6.07) is 14.2. The molecule has 0 bridgehead atoms. The molecule has 2 N–H and O–H groups in total. The van der Waals surface area contributed by atoms with Crippen molar-refractivity contribution >= 4 is 28.1 Å². The molecule has 1 aliphatic rings. The second-order valence-corrected chi connectivity index (χ2v) is 9.51. The zero-order valence-corrected chi connectivity index (χ0v) is 19.4. The van der Waals surface area contributed by atoms with E-state index < -0.39 is 6.10 Å². The molecule has 2 heterocycles. The molecule has 0 radical (unpaired) electrons. The highest BCUT2D eigenvalue weighted by Crippen LogP contribution is 2.28. The summed E-state index contributed by atoms with van der Waals surface area (Å²) in [6.07, 6.45) is 5.54. The Bertz CT molecular complexity index is 1270. The third-order valence-electron chi connectivity index (χ3n) is 6.63. The van der Waals surface area contributed by atoms with Crippen LogP contribution in [-0.4, -0.2) is 33.1 Å². The van der Waals surface area contributed by atoms with E-state index in [4.69, 9.17) is 0 Å². The maximum Gasteiger partial charge on any atom is 0.253 e. The van der Waals surface area contributed by atoms with Gasteiger partial charge in [-0.1, -0.05) is 43.2 Å². The van der Waals surface area contributed by atoms with Crippen molar-refractivity contribution in [2.45, 2.75) is 51.2 Å². The quantitative estimate of drug-likeness (QED) is 0.427. The van der Waals surface area contributed by atoms with E-state index in [1.54, 1.807) is 17.5 Å². The van der Waals surface area contributed by atoms with E-state index >= 15 is 0 Å². The Hall–Kier alpha value is -3.09. The lowest BCUT2D eigenvalue weighted by Crippen LogP contribution is -2.45. The van der Waals surface area contributed by atoms with Crippen LogP contribution in [0.3, 0.4) is 0 Å². The fourth-order valence-corrected chi connectivity index (χ4v) is 5.26. The van der Waals surface area contributed by atoms with Crippen LogP contribution >= 0.6 is 11.3 Å². The number of carbonyl (C=O) groups is 1. The summed E-state index contributed by atoms with van der Waals surface area (Å²) in [5.74, 6) is -0.162. The summed E-state index contributed by atoms with van der Waals surface area (Å²) in [6.45, 7) is 2.09. The molecular weight excluding hydrogens is 430 g/mol. The van der Waals surface area contributed by atoms with Gasteiger partial charge in [0.15, 0.2) is 0 Å². The van der Waals surface area contributed by atoms with Crippen molar-refractivity contribution in [2.24, 2.45) is 0 Å². The topological polar surface area (TPSA) is 75.1 Å². The summed E-state index contributed by atoms with van der Waals surface area (Å²) >= 11 is 1.59. The first kappa shape index (κ1) is 21.7. The molecule has 0 spiro atoms. The van der Waals surface area contributed by atoms with E-state index in [-0.39, 0.29) is 11.9 Å². The van der Waals surface area contributed by atoms with E-state index in [1.165, 1.54) is 5.56 Å². The van der Waals surface area contributed by atoms with E-state index in [1.807, 2.05) is 29.1 Å². The molecule has 1 saturated carbocycles. The third kappa shape index (κ3) is 4.54. The molecule has 1 fully saturated rings. The molecule has 6 heteroatoms. The number of pyridine rings is 1. The molecule has 33 heavy (non-hydrogen) atoms. The summed E-state index contributed by atoms with van der Waals surface area (Å²) in [7, 11) is 0. The monoisotopic (exact) mass is 457 g/mol. The Balaban J connectivity index is 1.46. The molecular formula is C27H27N3O2S. The lowest BCUT2D eigenvalue weighted by atomic mass is 9.91. The van der Waals surface area contributed by atoms with Crippen molar-refractivity contribution in [1.82, 2.24) is 15.3 Å². The van der Waals surface area contributed by atoms with Crippen molar-refractivity contribution in [3.8, 4) is 11.3 Å². The number of benzene rings is 2. The number of amides is 1. The van der Waals surface area contributed by atoms with Gasteiger partial charge in [-0.2, -0.15) is 0 Å². The number of fused-ring (bicyclic) bond motifs is 1. The van der Waals surface area contributed by atoms with Gasteiger partial charge in [-0.3, -0.25) is 9.78 Å². The van der Waals surface area contributed by atoms with Crippen LogP contribution in [0, 0.1) is 6.92 Å². The van der Waals surface area contributed by atoms with Gasteiger partial charge in [0.1, 0.15) is 0 Å². The van der Waals surface area contributed by atoms with Gasteiger partial charge < -0.3 is 10.4 Å². The first-order chi connectivity index (χ1) is 16.1. The molecule has 1 aliphatic carbocycles. The lowest BCUT2D eigenvalue weighted by Gasteiger charge is -2.28. The number of nitrogens with one attached hydrogen (secondary N) is 1. The van der Waals surface area contributed by atoms with Crippen LogP contribution in [0.1, 0.15) is 52.7 Å². The zero-order valence-electron chi connectivity index (χ0n) is 18.6. The van der Waals surface area contributed by atoms with Crippen molar-refractivity contribution in [1.29, 1.82) is 0 Å². The van der Waals surface area contributed by atoms with Crippen LogP contribution in [-0.2, 0) is 6.42 Å². The van der Waals surface area contributed by atoms with Crippen LogP contribution in [0.5, 0.6) is 0 Å². The van der Waals surface area contributed by atoms with Crippen molar-refractivity contribution < 1.29 is 9.90 Å². The normalized spacial score (nSPS) is 18.4. The fraction of sp³-hybridized carbons (Fsp3) is 0.296. The number of aromatic nitrogens is 2. The predicted molar refractivity (Wildman–Crippen MR) is 133 cm³/mol. The van der Waals surface area contributed by atoms with Gasteiger partial charge in [-0.25, -0.2) is 4.98 Å². The van der Waals surface area contributed by atoms with E-state index in [9.17, 15) is 9.90 Å². The molecule has 2 aromatic carbocycles. The number of hydrogen-bond acceptors (Lipinski definition) is 5. The summed E-state index contributed by atoms with van der Waals surface area (Å²) in [5, 5.41) is 16.4. The number of aliphatic hydroxyl groups is 1. The molecule has 168 valence electrons. The minimum Gasteiger partial charge on any atom is -0.391 e. The van der Waals surface area contributed by atoms with Crippen LogP contribution in [0.2, 0.25) is 0 Å². The van der Waals surface area contributed by atoms with Crippen molar-refractivity contribution in [2.75, 3.05) is 0 Å². The number of aliphatic hydroxyl groups excluding tert-OH is 1. The van der Waals surface area contributed by atoms with Crippen LogP contribution in [0.15, 0.2) is 59.6 Å². The van der Waals surface area contributed by atoms with Gasteiger partial charge in [0.2, 0.25) is 0 Å². The minimum atomic E-state index is -0.483. The molecule has 0 unspecified atom stereocenters. The zero-order chi connectivity index (χ0) is 22.8. The second-order valence-electron chi connectivity index (χ2n) is 8.79. The Morgan fingerprint density at radius 2 is 1.97 bits per heavy atom. The van der Waals surface area contributed by atoms with E-state index in [2.05, 4.69) is 46.5 Å². The first-order valence-electron chi connectivity index (χ1n) is 11.4. The average molecular weight is 458 g/mol. The van der Waals surface area contributed by atoms with Gasteiger partial charge in [0.25, 0.3) is 5.91 Å². The molecule has 5 nitrogen and oxygen atoms in total. The highest BCUT2D eigenvalue weighted by atomic mass is 32.1. The Morgan fingerprint density at radius 3 is 2.73 bits per heavy atom. The Labute approximate surface area is 197 Å². The lowest BCUT2D eigenvalue weighted by molar-refractivity contribution is 0.0718. The molecule has 4 aromatic rings. The van der Waals surface area contributed by atoms with Gasteiger partial charge in [0, 0.05) is 22.5 Å². The first-order valence-corrected chi connectivity index (χ1v) is 12.4. The summed E-state index contributed by atoms with van der Waals surface area (Å²) in [4.78, 5) is 22.2. The van der Waals surface area contributed by atoms with E-state index in [0.29, 0.717) is 11.1 Å². The van der Waals surface area contributed by atoms with Crippen LogP contribution < -0.4 is 5.32 Å². The minimum absolute atomic E-state index is 0.162. The number of nitrogens with zero attached hydrogens (tertiary/aromatic N) is 2. The standard InChI is InChI=1S/C27H27N3O2S/c1-17-20(13-18-8-10-19(11-9-18)24-15-33-16-29-24)14-22(26-21(17)5-4-12-28-26)27(32)30-23-6-2-3-7-25(23)31/h4-5,8-12,14-16,23,25,31H,2-3,6-7,13H2,1H3,(H,30,32)/t23-,25-/m0/s1. The third-order valence-corrected chi connectivity index (χ3v) is 7.22. The Morgan fingerprint density at radius 1 is 1.15 bits per heavy atom. The number of thiazole rings is 1. The maximum absolute atomic E-state index is 13.3. The molecule has 5 rings (SSSR count). The van der Waals surface area contributed by atoms with Crippen LogP contribution in [0.25, 0.3) is 22.2 Å². The van der Waals surface area contributed by atoms with Gasteiger partial charge in [-0.15, -0.1) is 11.3 Å². The molecule has 0 saturated heterocycles. The predicted octanol–water partition coefficient (Wildman–Crippen LogP) is 5.29. The fourth-order valence-electron chi connectivity index (χ4n) is 4.70. The second kappa shape index (κ2) is 9.41. The number of carbonyl (C=O) groups excluding carboxylic acids is 1. The summed E-state index contributed by atoms with van der Waals surface area (Å²) in [5.41, 5.74) is 8.63. The highest BCUT2D eigenvalue weighted by Gasteiger charge is 2.26. The van der Waals surface area contributed by atoms with E-state index in [0.717, 1.165) is 59.9 Å². The van der Waals surface area contributed by atoms with Crippen molar-refractivity contribution in [3.63, 3.8) is 0 Å².